The summed E-state index contributed by atoms with van der Waals surface area (Å²) in [5.41, 5.74) is 0.929. The summed E-state index contributed by atoms with van der Waals surface area (Å²) < 4.78 is 36.1. The molecule has 0 aromatic heterocycles. The van der Waals surface area contributed by atoms with Crippen LogP contribution < -0.4 is 4.31 Å². The highest BCUT2D eigenvalue weighted by atomic mass is 32.2. The smallest absolute Gasteiger partial charge is 0.237 e. The number of benzene rings is 1. The Balaban J connectivity index is 2.07. The molecular weight excluding hydrogens is 294 g/mol. The number of methoxy groups -OCH3 is 1. The van der Waals surface area contributed by atoms with E-state index >= 15 is 0 Å². The molecule has 0 radical (unpaired) electrons. The lowest BCUT2D eigenvalue weighted by atomic mass is 10.0. The van der Waals surface area contributed by atoms with Crippen molar-refractivity contribution in [3.63, 3.8) is 0 Å². The van der Waals surface area contributed by atoms with Gasteiger partial charge in [0.15, 0.2) is 5.78 Å². The van der Waals surface area contributed by atoms with E-state index in [2.05, 4.69) is 0 Å². The van der Waals surface area contributed by atoms with Gasteiger partial charge in [-0.1, -0.05) is 12.1 Å². The van der Waals surface area contributed by atoms with Gasteiger partial charge in [0.2, 0.25) is 10.0 Å². The van der Waals surface area contributed by atoms with E-state index in [0.29, 0.717) is 24.5 Å². The highest BCUT2D eigenvalue weighted by molar-refractivity contribution is 7.92. The van der Waals surface area contributed by atoms with Crippen molar-refractivity contribution in [2.75, 3.05) is 43.5 Å². The van der Waals surface area contributed by atoms with Crippen LogP contribution in [0, 0.1) is 0 Å². The van der Waals surface area contributed by atoms with Gasteiger partial charge in [-0.3, -0.25) is 9.10 Å². The number of ether oxygens (including phenoxy) is 2. The summed E-state index contributed by atoms with van der Waals surface area (Å²) in [4.78, 5) is 11.8. The Labute approximate surface area is 124 Å². The summed E-state index contributed by atoms with van der Waals surface area (Å²) in [7, 11) is -1.93. The zero-order valence-electron chi connectivity index (χ0n) is 11.9. The van der Waals surface area contributed by atoms with E-state index in [1.165, 1.54) is 4.31 Å². The normalized spacial score (nSPS) is 15.1. The van der Waals surface area contributed by atoms with E-state index in [9.17, 15) is 13.2 Å². The third-order valence-corrected chi connectivity index (χ3v) is 5.00. The van der Waals surface area contributed by atoms with Crippen molar-refractivity contribution in [1.29, 1.82) is 0 Å². The van der Waals surface area contributed by atoms with Crippen molar-refractivity contribution in [3.05, 3.63) is 29.8 Å². The van der Waals surface area contributed by atoms with Gasteiger partial charge in [-0.05, 0) is 12.1 Å². The van der Waals surface area contributed by atoms with Crippen LogP contribution in [0.15, 0.2) is 24.3 Å². The molecule has 0 atom stereocenters. The third-order valence-electron chi connectivity index (χ3n) is 3.27. The first kappa shape index (κ1) is 15.9. The van der Waals surface area contributed by atoms with Gasteiger partial charge >= 0.3 is 0 Å². The molecule has 0 unspecified atom stereocenters. The van der Waals surface area contributed by atoms with Crippen LogP contribution >= 0.6 is 0 Å². The Bertz CT molecular complexity index is 599. The van der Waals surface area contributed by atoms with E-state index < -0.39 is 10.0 Å². The van der Waals surface area contributed by atoms with Crippen molar-refractivity contribution < 1.29 is 22.7 Å². The monoisotopic (exact) mass is 313 g/mol. The summed E-state index contributed by atoms with van der Waals surface area (Å²) in [6.07, 6.45) is 0.209. The summed E-state index contributed by atoms with van der Waals surface area (Å²) >= 11 is 0. The Hall–Kier alpha value is -1.44. The van der Waals surface area contributed by atoms with Crippen LogP contribution in [0.1, 0.15) is 16.8 Å². The summed E-state index contributed by atoms with van der Waals surface area (Å²) in [6.45, 7) is 1.09. The minimum absolute atomic E-state index is 0.0200. The van der Waals surface area contributed by atoms with Crippen LogP contribution in [0.4, 0.5) is 5.69 Å². The first-order valence-corrected chi connectivity index (χ1v) is 8.36. The van der Waals surface area contributed by atoms with Crippen molar-refractivity contribution in [3.8, 4) is 0 Å². The van der Waals surface area contributed by atoms with E-state index in [1.807, 2.05) is 0 Å². The highest BCUT2D eigenvalue weighted by Gasteiger charge is 2.30. The molecule has 1 aromatic rings. The average molecular weight is 313 g/mol. The Morgan fingerprint density at radius 1 is 1.19 bits per heavy atom. The topological polar surface area (TPSA) is 72.9 Å². The maximum Gasteiger partial charge on any atom is 0.237 e. The molecule has 0 fully saturated rings. The highest BCUT2D eigenvalue weighted by Crippen LogP contribution is 2.29. The number of anilines is 1. The molecule has 0 spiro atoms. The molecule has 0 bridgehead atoms. The lowest BCUT2D eigenvalue weighted by molar-refractivity contribution is 0.0785. The van der Waals surface area contributed by atoms with Crippen LogP contribution in [0.5, 0.6) is 0 Å². The molecule has 0 amide bonds. The minimum Gasteiger partial charge on any atom is -0.382 e. The quantitative estimate of drug-likeness (QED) is 0.704. The molecule has 0 N–H and O–H groups in total. The molecule has 1 aliphatic rings. The fourth-order valence-electron chi connectivity index (χ4n) is 2.19. The number of hydrogen-bond acceptors (Lipinski definition) is 5. The van der Waals surface area contributed by atoms with Crippen molar-refractivity contribution in [1.82, 2.24) is 0 Å². The fraction of sp³-hybridized carbons (Fsp3) is 0.500. The van der Waals surface area contributed by atoms with Crippen LogP contribution in [0.2, 0.25) is 0 Å². The number of Topliss-reactive ketones (excluding diaryl/α,β-unsaturated/α-hetero) is 1. The van der Waals surface area contributed by atoms with Gasteiger partial charge in [-0.25, -0.2) is 8.42 Å². The number of fused-ring (bicyclic) bond motifs is 1. The number of nitrogens with zero attached hydrogens (tertiary/aromatic N) is 1. The van der Waals surface area contributed by atoms with Crippen LogP contribution in [-0.2, 0) is 19.5 Å². The Morgan fingerprint density at radius 3 is 2.71 bits per heavy atom. The molecule has 1 aliphatic heterocycles. The fourth-order valence-corrected chi connectivity index (χ4v) is 3.57. The standard InChI is InChI=1S/C14H19NO5S/c1-19-8-9-20-10-11-21(17,18)15-7-6-14(16)12-4-2-3-5-13(12)15/h2-5H,6-11H2,1H3. The minimum atomic E-state index is -3.49. The van der Waals surface area contributed by atoms with Crippen molar-refractivity contribution in [2.45, 2.75) is 6.42 Å². The van der Waals surface area contributed by atoms with Gasteiger partial charge in [-0.15, -0.1) is 0 Å². The number of carbonyl (C=O) groups excluding carboxylic acids is 1. The van der Waals surface area contributed by atoms with E-state index in [1.54, 1.807) is 31.4 Å². The molecule has 1 heterocycles. The van der Waals surface area contributed by atoms with Gasteiger partial charge < -0.3 is 9.47 Å². The summed E-state index contributed by atoms with van der Waals surface area (Å²) in [6, 6.07) is 6.79. The van der Waals surface area contributed by atoms with Crippen LogP contribution in [0.3, 0.4) is 0 Å². The predicted octanol–water partition coefficient (Wildman–Crippen LogP) is 1.07. The molecule has 0 aliphatic carbocycles. The van der Waals surface area contributed by atoms with Gasteiger partial charge in [0, 0.05) is 25.6 Å². The molecule has 21 heavy (non-hydrogen) atoms. The third kappa shape index (κ3) is 3.81. The predicted molar refractivity (Wildman–Crippen MR) is 79.2 cm³/mol. The molecule has 7 heteroatoms. The SMILES string of the molecule is COCCOCCS(=O)(=O)N1CCC(=O)c2ccccc21. The molecule has 2 rings (SSSR count). The molecule has 116 valence electrons. The zero-order valence-corrected chi connectivity index (χ0v) is 12.8. The second-order valence-electron chi connectivity index (χ2n) is 4.68. The van der Waals surface area contributed by atoms with E-state index in [-0.39, 0.29) is 31.1 Å². The second kappa shape index (κ2) is 7.02. The molecule has 1 aromatic carbocycles. The van der Waals surface area contributed by atoms with Gasteiger partial charge in [0.05, 0.1) is 31.3 Å². The Kier molecular flexibility index (Phi) is 5.33. The molecule has 0 saturated heterocycles. The average Bonchev–Trinajstić information content (AvgIpc) is 2.47. The summed E-state index contributed by atoms with van der Waals surface area (Å²) in [5, 5.41) is 0. The largest absolute Gasteiger partial charge is 0.382 e. The number of hydrogen-bond donors (Lipinski definition) is 0. The van der Waals surface area contributed by atoms with E-state index in [0.717, 1.165) is 0 Å². The van der Waals surface area contributed by atoms with Gasteiger partial charge in [-0.2, -0.15) is 0 Å². The zero-order chi connectivity index (χ0) is 15.3. The van der Waals surface area contributed by atoms with Crippen LogP contribution in [-0.4, -0.2) is 53.4 Å². The van der Waals surface area contributed by atoms with Crippen molar-refractivity contribution >= 4 is 21.5 Å². The second-order valence-corrected chi connectivity index (χ2v) is 6.70. The van der Waals surface area contributed by atoms with Crippen molar-refractivity contribution in [2.24, 2.45) is 0 Å². The number of rotatable bonds is 7. The first-order chi connectivity index (χ1) is 10.1. The molecule has 0 saturated carbocycles. The maximum atomic E-state index is 12.4. The maximum absolute atomic E-state index is 12.4. The first-order valence-electron chi connectivity index (χ1n) is 6.75. The Morgan fingerprint density at radius 2 is 1.95 bits per heavy atom. The van der Waals surface area contributed by atoms with Gasteiger partial charge in [0.25, 0.3) is 0 Å². The van der Waals surface area contributed by atoms with E-state index in [4.69, 9.17) is 9.47 Å². The number of ketones is 1. The lowest BCUT2D eigenvalue weighted by Gasteiger charge is -2.29. The van der Waals surface area contributed by atoms with Gasteiger partial charge in [0.1, 0.15) is 0 Å². The number of para-hydroxylation sites is 1. The molecular formula is C14H19NO5S. The lowest BCUT2D eigenvalue weighted by Crippen LogP contribution is -2.39. The number of carbonyl (C=O) groups is 1. The number of sulfonamides is 1. The molecule has 6 nitrogen and oxygen atoms in total. The summed E-state index contributed by atoms with van der Waals surface area (Å²) in [5.74, 6) is -0.132. The van der Waals surface area contributed by atoms with Crippen LogP contribution in [0.25, 0.3) is 0 Å².